The molecule has 0 fully saturated rings. The first kappa shape index (κ1) is 18.7. The van der Waals surface area contributed by atoms with Crippen LogP contribution in [0.3, 0.4) is 0 Å². The molecule has 1 amide bonds. The molecule has 0 aliphatic carbocycles. The molecule has 0 aliphatic heterocycles. The number of nitrogens with zero attached hydrogens (tertiary/aromatic N) is 2. The number of hydrogen-bond donors (Lipinski definition) is 2. The van der Waals surface area contributed by atoms with Gasteiger partial charge in [-0.1, -0.05) is 35.9 Å². The molecule has 2 aromatic carbocycles. The number of carbonyl (C=O) groups excluding carboxylic acids is 1. The Morgan fingerprint density at radius 1 is 1.07 bits per heavy atom. The second-order valence-corrected chi connectivity index (χ2v) is 6.11. The SMILES string of the molecule is CCOc1ccccc1NC(=O)c1cc(C)nc(Nc2ccccc2Cl)n1. The molecule has 0 spiro atoms. The third-order valence-corrected chi connectivity index (χ3v) is 3.97. The lowest BCUT2D eigenvalue weighted by Gasteiger charge is -2.12. The molecule has 0 saturated carbocycles. The highest BCUT2D eigenvalue weighted by Crippen LogP contribution is 2.25. The van der Waals surface area contributed by atoms with Gasteiger partial charge in [0, 0.05) is 5.69 Å². The van der Waals surface area contributed by atoms with Crippen molar-refractivity contribution in [2.45, 2.75) is 13.8 Å². The maximum absolute atomic E-state index is 12.7. The summed E-state index contributed by atoms with van der Waals surface area (Å²) in [4.78, 5) is 21.3. The molecule has 6 nitrogen and oxygen atoms in total. The van der Waals surface area contributed by atoms with Crippen LogP contribution >= 0.6 is 11.6 Å². The second kappa shape index (κ2) is 8.51. The number of nitrogens with one attached hydrogen (secondary N) is 2. The first-order valence-corrected chi connectivity index (χ1v) is 8.85. The molecule has 0 saturated heterocycles. The fraction of sp³-hybridized carbons (Fsp3) is 0.150. The highest BCUT2D eigenvalue weighted by atomic mass is 35.5. The molecule has 3 rings (SSSR count). The van der Waals surface area contributed by atoms with E-state index in [1.165, 1.54) is 0 Å². The molecule has 0 unspecified atom stereocenters. The van der Waals surface area contributed by atoms with Crippen LogP contribution in [0, 0.1) is 6.92 Å². The van der Waals surface area contributed by atoms with Gasteiger partial charge in [0.2, 0.25) is 5.95 Å². The Morgan fingerprint density at radius 2 is 1.78 bits per heavy atom. The lowest BCUT2D eigenvalue weighted by molar-refractivity contribution is 0.102. The minimum absolute atomic E-state index is 0.239. The molecule has 2 N–H and O–H groups in total. The Hall–Kier alpha value is -3.12. The summed E-state index contributed by atoms with van der Waals surface area (Å²) in [5.74, 6) is 0.551. The molecular weight excluding hydrogens is 364 g/mol. The number of carbonyl (C=O) groups is 1. The predicted octanol–water partition coefficient (Wildman–Crippen LogP) is 4.83. The summed E-state index contributed by atoms with van der Waals surface area (Å²) in [6, 6.07) is 16.1. The molecule has 7 heteroatoms. The summed E-state index contributed by atoms with van der Waals surface area (Å²) in [6.07, 6.45) is 0. The Morgan fingerprint density at radius 3 is 2.52 bits per heavy atom. The standard InChI is InChI=1S/C20H19ClN4O2/c1-3-27-18-11-7-6-10-16(18)23-19(26)17-12-13(2)22-20(25-17)24-15-9-5-4-8-14(15)21/h4-12H,3H2,1-2H3,(H,23,26)(H,22,24,25). The maximum Gasteiger partial charge on any atom is 0.274 e. The molecule has 0 aliphatic rings. The minimum Gasteiger partial charge on any atom is -0.492 e. The lowest BCUT2D eigenvalue weighted by Crippen LogP contribution is -2.16. The van der Waals surface area contributed by atoms with Crippen molar-refractivity contribution < 1.29 is 9.53 Å². The number of rotatable bonds is 6. The largest absolute Gasteiger partial charge is 0.492 e. The van der Waals surface area contributed by atoms with Crippen molar-refractivity contribution in [1.82, 2.24) is 9.97 Å². The van der Waals surface area contributed by atoms with Crippen LogP contribution in [0.1, 0.15) is 23.1 Å². The molecule has 0 atom stereocenters. The van der Waals surface area contributed by atoms with Crippen molar-refractivity contribution in [1.29, 1.82) is 0 Å². The summed E-state index contributed by atoms with van der Waals surface area (Å²) in [5, 5.41) is 6.42. The topological polar surface area (TPSA) is 76.1 Å². The smallest absolute Gasteiger partial charge is 0.274 e. The van der Waals surface area contributed by atoms with Crippen molar-refractivity contribution in [3.05, 3.63) is 71.0 Å². The van der Waals surface area contributed by atoms with Crippen molar-refractivity contribution in [2.24, 2.45) is 0 Å². The van der Waals surface area contributed by atoms with Crippen molar-refractivity contribution in [3.63, 3.8) is 0 Å². The summed E-state index contributed by atoms with van der Waals surface area (Å²) >= 11 is 6.16. The van der Waals surface area contributed by atoms with Gasteiger partial charge < -0.3 is 15.4 Å². The number of benzene rings is 2. The molecule has 1 aromatic heterocycles. The van der Waals surface area contributed by atoms with Gasteiger partial charge in [-0.3, -0.25) is 4.79 Å². The van der Waals surface area contributed by atoms with Crippen LogP contribution in [-0.4, -0.2) is 22.5 Å². The molecule has 0 radical (unpaired) electrons. The Kier molecular flexibility index (Phi) is 5.88. The van der Waals surface area contributed by atoms with E-state index in [1.807, 2.05) is 37.3 Å². The zero-order chi connectivity index (χ0) is 19.2. The van der Waals surface area contributed by atoms with E-state index in [9.17, 15) is 4.79 Å². The Labute approximate surface area is 162 Å². The number of aryl methyl sites for hydroxylation is 1. The van der Waals surface area contributed by atoms with E-state index in [4.69, 9.17) is 16.3 Å². The van der Waals surface area contributed by atoms with Gasteiger partial charge in [-0.2, -0.15) is 0 Å². The summed E-state index contributed by atoms with van der Waals surface area (Å²) in [7, 11) is 0. The molecule has 1 heterocycles. The molecule has 3 aromatic rings. The molecular formula is C20H19ClN4O2. The number of anilines is 3. The maximum atomic E-state index is 12.7. The quantitative estimate of drug-likeness (QED) is 0.638. The summed E-state index contributed by atoms with van der Waals surface area (Å²) in [5.41, 5.74) is 2.14. The highest BCUT2D eigenvalue weighted by molar-refractivity contribution is 6.33. The number of halogens is 1. The number of ether oxygens (including phenoxy) is 1. The fourth-order valence-electron chi connectivity index (χ4n) is 2.46. The van der Waals surface area contributed by atoms with E-state index >= 15 is 0 Å². The van der Waals surface area contributed by atoms with Gasteiger partial charge in [-0.05, 0) is 44.2 Å². The van der Waals surface area contributed by atoms with E-state index in [0.717, 1.165) is 0 Å². The third-order valence-electron chi connectivity index (χ3n) is 3.64. The molecule has 138 valence electrons. The molecule has 27 heavy (non-hydrogen) atoms. The summed E-state index contributed by atoms with van der Waals surface area (Å²) in [6.45, 7) is 4.19. The highest BCUT2D eigenvalue weighted by Gasteiger charge is 2.14. The van der Waals surface area contributed by atoms with Gasteiger partial charge in [0.15, 0.2) is 0 Å². The predicted molar refractivity (Wildman–Crippen MR) is 107 cm³/mol. The zero-order valence-electron chi connectivity index (χ0n) is 15.0. The van der Waals surface area contributed by atoms with Crippen LogP contribution in [0.5, 0.6) is 5.75 Å². The van der Waals surface area contributed by atoms with Crippen LogP contribution < -0.4 is 15.4 Å². The third kappa shape index (κ3) is 4.74. The van der Waals surface area contributed by atoms with Gasteiger partial charge in [-0.15, -0.1) is 0 Å². The average molecular weight is 383 g/mol. The van der Waals surface area contributed by atoms with E-state index in [1.54, 1.807) is 31.2 Å². The minimum atomic E-state index is -0.352. The molecule has 0 bridgehead atoms. The van der Waals surface area contributed by atoms with Gasteiger partial charge in [0.25, 0.3) is 5.91 Å². The van der Waals surface area contributed by atoms with Crippen molar-refractivity contribution in [2.75, 3.05) is 17.2 Å². The zero-order valence-corrected chi connectivity index (χ0v) is 15.7. The van der Waals surface area contributed by atoms with Crippen molar-refractivity contribution >= 4 is 34.8 Å². The first-order valence-electron chi connectivity index (χ1n) is 8.47. The van der Waals surface area contributed by atoms with Crippen molar-refractivity contribution in [3.8, 4) is 5.75 Å². The number of para-hydroxylation sites is 3. The number of aromatic nitrogens is 2. The van der Waals surface area contributed by atoms with Gasteiger partial charge in [0.05, 0.1) is 23.0 Å². The van der Waals surface area contributed by atoms with Crippen LogP contribution in [-0.2, 0) is 0 Å². The van der Waals surface area contributed by atoms with Gasteiger partial charge >= 0.3 is 0 Å². The van der Waals surface area contributed by atoms with Crippen LogP contribution in [0.4, 0.5) is 17.3 Å². The fourth-order valence-corrected chi connectivity index (χ4v) is 2.64. The van der Waals surface area contributed by atoms with Crippen LogP contribution in [0.25, 0.3) is 0 Å². The first-order chi connectivity index (χ1) is 13.1. The van der Waals surface area contributed by atoms with E-state index in [2.05, 4.69) is 20.6 Å². The Balaban J connectivity index is 1.83. The van der Waals surface area contributed by atoms with Gasteiger partial charge in [0.1, 0.15) is 11.4 Å². The number of amides is 1. The van der Waals surface area contributed by atoms with Crippen LogP contribution in [0.2, 0.25) is 5.02 Å². The van der Waals surface area contributed by atoms with E-state index < -0.39 is 0 Å². The lowest BCUT2D eigenvalue weighted by atomic mass is 10.2. The number of hydrogen-bond acceptors (Lipinski definition) is 5. The van der Waals surface area contributed by atoms with Crippen LogP contribution in [0.15, 0.2) is 54.6 Å². The van der Waals surface area contributed by atoms with E-state index in [0.29, 0.717) is 40.4 Å². The van der Waals surface area contributed by atoms with E-state index in [-0.39, 0.29) is 11.6 Å². The second-order valence-electron chi connectivity index (χ2n) is 5.71. The monoisotopic (exact) mass is 382 g/mol. The average Bonchev–Trinajstić information content (AvgIpc) is 2.65. The summed E-state index contributed by atoms with van der Waals surface area (Å²) < 4.78 is 5.54. The van der Waals surface area contributed by atoms with Gasteiger partial charge in [-0.25, -0.2) is 9.97 Å². The Bertz CT molecular complexity index is 962. The normalized spacial score (nSPS) is 10.3.